The molecule has 4 aromatic rings. The molecule has 0 saturated carbocycles. The number of pyridine rings is 1. The fraction of sp³-hybridized carbons (Fsp3) is 0.190. The van der Waals surface area contributed by atoms with E-state index in [0.717, 1.165) is 5.56 Å². The molecule has 3 aromatic heterocycles. The van der Waals surface area contributed by atoms with Gasteiger partial charge in [0.2, 0.25) is 0 Å². The van der Waals surface area contributed by atoms with Gasteiger partial charge in [0.05, 0.1) is 11.6 Å². The van der Waals surface area contributed by atoms with Crippen molar-refractivity contribution >= 4 is 5.91 Å². The number of nitrogens with one attached hydrogen (secondary N) is 1. The maximum Gasteiger partial charge on any atom is 0.271 e. The molecule has 9 heteroatoms. The van der Waals surface area contributed by atoms with Gasteiger partial charge in [0.25, 0.3) is 11.8 Å². The summed E-state index contributed by atoms with van der Waals surface area (Å²) in [6, 6.07) is 9.29. The Morgan fingerprint density at radius 1 is 1.20 bits per heavy atom. The standard InChI is InChI=1S/C21H19FN6O2/c1-3-18-26-21(30-27-18)15-6-9-19(23-10-15)28-11-17(24-12-28)20(29)25-13(2)14-4-7-16(22)8-5-14/h4-13H,3H2,1-2H3,(H,25,29). The van der Waals surface area contributed by atoms with Crippen molar-refractivity contribution in [2.75, 3.05) is 0 Å². The molecule has 0 aliphatic carbocycles. The molecule has 0 bridgehead atoms. The largest absolute Gasteiger partial charge is 0.344 e. The monoisotopic (exact) mass is 406 g/mol. The van der Waals surface area contributed by atoms with Crippen molar-refractivity contribution in [1.82, 2.24) is 30.0 Å². The van der Waals surface area contributed by atoms with Crippen LogP contribution in [0.25, 0.3) is 17.3 Å². The van der Waals surface area contributed by atoms with E-state index in [4.69, 9.17) is 4.52 Å². The van der Waals surface area contributed by atoms with Crippen LogP contribution >= 0.6 is 0 Å². The molecule has 1 unspecified atom stereocenters. The second-order valence-electron chi connectivity index (χ2n) is 6.69. The molecule has 0 radical (unpaired) electrons. The minimum atomic E-state index is -0.333. The molecule has 4 rings (SSSR count). The van der Waals surface area contributed by atoms with E-state index in [-0.39, 0.29) is 23.5 Å². The third kappa shape index (κ3) is 4.09. The van der Waals surface area contributed by atoms with E-state index in [1.165, 1.54) is 18.5 Å². The van der Waals surface area contributed by atoms with Gasteiger partial charge >= 0.3 is 0 Å². The van der Waals surface area contributed by atoms with Gasteiger partial charge in [-0.25, -0.2) is 14.4 Å². The Hall–Kier alpha value is -3.88. The minimum absolute atomic E-state index is 0.249. The van der Waals surface area contributed by atoms with E-state index >= 15 is 0 Å². The number of carbonyl (C=O) groups excluding carboxylic acids is 1. The third-order valence-corrected chi connectivity index (χ3v) is 4.58. The number of rotatable bonds is 6. The van der Waals surface area contributed by atoms with Crippen LogP contribution in [0.3, 0.4) is 0 Å². The van der Waals surface area contributed by atoms with Gasteiger partial charge in [-0.15, -0.1) is 0 Å². The number of amides is 1. The molecule has 30 heavy (non-hydrogen) atoms. The Labute approximate surface area is 171 Å². The lowest BCUT2D eigenvalue weighted by molar-refractivity contribution is 0.0935. The average molecular weight is 406 g/mol. The molecule has 8 nitrogen and oxygen atoms in total. The van der Waals surface area contributed by atoms with E-state index in [1.807, 2.05) is 19.9 Å². The van der Waals surface area contributed by atoms with Crippen molar-refractivity contribution in [3.63, 3.8) is 0 Å². The van der Waals surface area contributed by atoms with Crippen molar-refractivity contribution in [2.45, 2.75) is 26.3 Å². The smallest absolute Gasteiger partial charge is 0.271 e. The number of aromatic nitrogens is 5. The highest BCUT2D eigenvalue weighted by Gasteiger charge is 2.15. The van der Waals surface area contributed by atoms with Crippen LogP contribution in [0.15, 0.2) is 59.6 Å². The van der Waals surface area contributed by atoms with Gasteiger partial charge in [-0.05, 0) is 36.8 Å². The third-order valence-electron chi connectivity index (χ3n) is 4.58. The first-order chi connectivity index (χ1) is 14.5. The summed E-state index contributed by atoms with van der Waals surface area (Å²) >= 11 is 0. The van der Waals surface area contributed by atoms with Gasteiger partial charge in [-0.2, -0.15) is 4.98 Å². The molecular weight excluding hydrogens is 387 g/mol. The van der Waals surface area contributed by atoms with Crippen LogP contribution in [0.4, 0.5) is 4.39 Å². The second kappa shape index (κ2) is 8.24. The Bertz CT molecular complexity index is 1150. The number of imidazole rings is 1. The molecule has 1 aromatic carbocycles. The summed E-state index contributed by atoms with van der Waals surface area (Å²) in [7, 11) is 0. The molecule has 152 valence electrons. The fourth-order valence-electron chi connectivity index (χ4n) is 2.85. The number of benzene rings is 1. The zero-order chi connectivity index (χ0) is 21.1. The van der Waals surface area contributed by atoms with Crippen molar-refractivity contribution in [2.24, 2.45) is 0 Å². The molecule has 1 N–H and O–H groups in total. The van der Waals surface area contributed by atoms with Crippen molar-refractivity contribution < 1.29 is 13.7 Å². The topological polar surface area (TPSA) is 98.7 Å². The van der Waals surface area contributed by atoms with E-state index in [9.17, 15) is 9.18 Å². The van der Waals surface area contributed by atoms with Crippen LogP contribution in [0, 0.1) is 5.82 Å². The van der Waals surface area contributed by atoms with Crippen LogP contribution in [0.1, 0.15) is 41.8 Å². The van der Waals surface area contributed by atoms with Gasteiger partial charge in [0.1, 0.15) is 23.7 Å². The SMILES string of the molecule is CCc1noc(-c2ccc(-n3cnc(C(=O)NC(C)c4ccc(F)cc4)c3)nc2)n1. The fourth-order valence-corrected chi connectivity index (χ4v) is 2.85. The molecule has 0 spiro atoms. The molecule has 0 aliphatic heterocycles. The first kappa shape index (κ1) is 19.4. The maximum absolute atomic E-state index is 13.1. The number of hydrogen-bond donors (Lipinski definition) is 1. The summed E-state index contributed by atoms with van der Waals surface area (Å²) in [4.78, 5) is 25.3. The summed E-state index contributed by atoms with van der Waals surface area (Å²) in [6.07, 6.45) is 5.42. The molecule has 1 atom stereocenters. The Morgan fingerprint density at radius 2 is 2.00 bits per heavy atom. The van der Waals surface area contributed by atoms with Crippen LogP contribution in [-0.2, 0) is 6.42 Å². The van der Waals surface area contributed by atoms with Gasteiger partial charge in [-0.1, -0.05) is 24.2 Å². The van der Waals surface area contributed by atoms with Gasteiger partial charge in [-0.3, -0.25) is 9.36 Å². The lowest BCUT2D eigenvalue weighted by Gasteiger charge is -2.13. The molecule has 3 heterocycles. The van der Waals surface area contributed by atoms with Crippen LogP contribution in [0.5, 0.6) is 0 Å². The first-order valence-corrected chi connectivity index (χ1v) is 9.43. The van der Waals surface area contributed by atoms with Crippen molar-refractivity contribution in [1.29, 1.82) is 0 Å². The minimum Gasteiger partial charge on any atom is -0.344 e. The zero-order valence-electron chi connectivity index (χ0n) is 16.4. The lowest BCUT2D eigenvalue weighted by atomic mass is 10.1. The first-order valence-electron chi connectivity index (χ1n) is 9.43. The Balaban J connectivity index is 1.45. The highest BCUT2D eigenvalue weighted by Crippen LogP contribution is 2.18. The molecule has 1 amide bonds. The van der Waals surface area contributed by atoms with Gasteiger partial charge in [0.15, 0.2) is 5.82 Å². The zero-order valence-corrected chi connectivity index (χ0v) is 16.4. The second-order valence-corrected chi connectivity index (χ2v) is 6.69. The van der Waals surface area contributed by atoms with E-state index < -0.39 is 0 Å². The quantitative estimate of drug-likeness (QED) is 0.526. The Morgan fingerprint density at radius 3 is 2.67 bits per heavy atom. The van der Waals surface area contributed by atoms with Crippen LogP contribution in [-0.4, -0.2) is 30.6 Å². The van der Waals surface area contributed by atoms with Crippen LogP contribution in [0.2, 0.25) is 0 Å². The normalized spacial score (nSPS) is 12.0. The Kier molecular flexibility index (Phi) is 5.34. The van der Waals surface area contributed by atoms with E-state index in [0.29, 0.717) is 29.5 Å². The molecule has 0 saturated heterocycles. The number of carbonyl (C=O) groups is 1. The van der Waals surface area contributed by atoms with Crippen LogP contribution < -0.4 is 5.32 Å². The highest BCUT2D eigenvalue weighted by molar-refractivity contribution is 5.92. The molecular formula is C21H19FN6O2. The van der Waals surface area contributed by atoms with Crippen molar-refractivity contribution in [3.8, 4) is 17.3 Å². The predicted molar refractivity (Wildman–Crippen MR) is 106 cm³/mol. The van der Waals surface area contributed by atoms with E-state index in [2.05, 4.69) is 25.4 Å². The molecule has 0 aliphatic rings. The predicted octanol–water partition coefficient (Wildman–Crippen LogP) is 3.51. The summed E-state index contributed by atoms with van der Waals surface area (Å²) in [5.74, 6) is 0.979. The summed E-state index contributed by atoms with van der Waals surface area (Å²) in [5.41, 5.74) is 1.75. The number of halogens is 1. The van der Waals surface area contributed by atoms with Gasteiger partial charge in [0, 0.05) is 18.8 Å². The van der Waals surface area contributed by atoms with E-state index in [1.54, 1.807) is 35.2 Å². The average Bonchev–Trinajstić information content (AvgIpc) is 3.44. The number of hydrogen-bond acceptors (Lipinski definition) is 6. The maximum atomic E-state index is 13.1. The molecule has 0 fully saturated rings. The highest BCUT2D eigenvalue weighted by atomic mass is 19.1. The number of nitrogens with zero attached hydrogens (tertiary/aromatic N) is 5. The lowest BCUT2D eigenvalue weighted by Crippen LogP contribution is -2.26. The summed E-state index contributed by atoms with van der Waals surface area (Å²) < 4.78 is 19.9. The van der Waals surface area contributed by atoms with Gasteiger partial charge < -0.3 is 9.84 Å². The summed E-state index contributed by atoms with van der Waals surface area (Å²) in [5, 5.41) is 6.72. The van der Waals surface area contributed by atoms with Crippen molar-refractivity contribution in [3.05, 3.63) is 78.0 Å². The summed E-state index contributed by atoms with van der Waals surface area (Å²) in [6.45, 7) is 3.77. The number of aryl methyl sites for hydroxylation is 1.